The van der Waals surface area contributed by atoms with Crippen molar-refractivity contribution in [3.8, 4) is 0 Å². The van der Waals surface area contributed by atoms with E-state index in [1.165, 1.54) is 4.90 Å². The van der Waals surface area contributed by atoms with Gasteiger partial charge in [0.15, 0.2) is 5.82 Å². The number of hydrogen-bond acceptors (Lipinski definition) is 6. The molecule has 0 aliphatic carbocycles. The Morgan fingerprint density at radius 2 is 2.00 bits per heavy atom. The number of carbonyl (C=O) groups is 2. The highest BCUT2D eigenvalue weighted by Gasteiger charge is 2.30. The number of ether oxygens (including phenoxy) is 1. The quantitative estimate of drug-likeness (QED) is 0.572. The number of aromatic nitrogens is 1. The van der Waals surface area contributed by atoms with E-state index in [4.69, 9.17) is 4.74 Å². The van der Waals surface area contributed by atoms with Crippen LogP contribution in [0.2, 0.25) is 0 Å². The standard InChI is InChI=1S/C26H36N6O3/c1-3-13-30(14-4-2)18-20-19-31(16-17-35-20)15-12-28-26(34)32-23-10-6-5-8-21(23)25(33)29-22-9-7-11-27-24(22)32/h5-11,20H,3-4,12-19H2,1-2H3,(H,28,34)(H,29,33). The summed E-state index contributed by atoms with van der Waals surface area (Å²) in [5.41, 5.74) is 1.45. The lowest BCUT2D eigenvalue weighted by molar-refractivity contribution is -0.0426. The first-order chi connectivity index (χ1) is 17.1. The van der Waals surface area contributed by atoms with Gasteiger partial charge < -0.3 is 20.3 Å². The summed E-state index contributed by atoms with van der Waals surface area (Å²) in [6.07, 6.45) is 4.08. The fraction of sp³-hybridized carbons (Fsp3) is 0.500. The first kappa shape index (κ1) is 25.1. The summed E-state index contributed by atoms with van der Waals surface area (Å²) in [7, 11) is 0. The lowest BCUT2D eigenvalue weighted by Crippen LogP contribution is -2.50. The summed E-state index contributed by atoms with van der Waals surface area (Å²) < 4.78 is 6.03. The van der Waals surface area contributed by atoms with E-state index in [1.54, 1.807) is 36.5 Å². The number of rotatable bonds is 9. The topological polar surface area (TPSA) is 90.0 Å². The third-order valence-electron chi connectivity index (χ3n) is 6.31. The zero-order valence-electron chi connectivity index (χ0n) is 20.7. The van der Waals surface area contributed by atoms with Crippen LogP contribution in [-0.4, -0.2) is 85.2 Å². The Morgan fingerprint density at radius 3 is 2.80 bits per heavy atom. The number of amides is 3. The van der Waals surface area contributed by atoms with Gasteiger partial charge in [-0.15, -0.1) is 0 Å². The monoisotopic (exact) mass is 480 g/mol. The van der Waals surface area contributed by atoms with E-state index in [9.17, 15) is 9.59 Å². The van der Waals surface area contributed by atoms with Crippen LogP contribution < -0.4 is 15.5 Å². The molecule has 3 heterocycles. The Labute approximate surface area is 207 Å². The molecular formula is C26H36N6O3. The van der Waals surface area contributed by atoms with Crippen LogP contribution in [0.1, 0.15) is 37.0 Å². The fourth-order valence-electron chi connectivity index (χ4n) is 4.75. The molecule has 2 aliphatic heterocycles. The maximum absolute atomic E-state index is 13.4. The van der Waals surface area contributed by atoms with Crippen LogP contribution in [0.25, 0.3) is 0 Å². The molecule has 1 aromatic carbocycles. The summed E-state index contributed by atoms with van der Waals surface area (Å²) >= 11 is 0. The van der Waals surface area contributed by atoms with Gasteiger partial charge in [-0.2, -0.15) is 0 Å². The molecule has 2 aliphatic rings. The molecule has 0 bridgehead atoms. The maximum atomic E-state index is 13.4. The second kappa shape index (κ2) is 12.1. The number of carbonyl (C=O) groups excluding carboxylic acids is 2. The summed E-state index contributed by atoms with van der Waals surface area (Å²) in [5.74, 6) is 0.145. The van der Waals surface area contributed by atoms with Crippen molar-refractivity contribution in [2.24, 2.45) is 0 Å². The minimum atomic E-state index is -0.309. The molecule has 3 amide bonds. The number of anilines is 3. The molecule has 0 radical (unpaired) electrons. The van der Waals surface area contributed by atoms with Crippen molar-refractivity contribution in [3.05, 3.63) is 48.2 Å². The molecule has 2 aromatic rings. The second-order valence-electron chi connectivity index (χ2n) is 9.01. The number of para-hydroxylation sites is 1. The van der Waals surface area contributed by atoms with Crippen molar-refractivity contribution in [1.29, 1.82) is 0 Å². The molecule has 1 fully saturated rings. The van der Waals surface area contributed by atoms with E-state index in [1.807, 2.05) is 6.07 Å². The van der Waals surface area contributed by atoms with Crippen molar-refractivity contribution in [2.45, 2.75) is 32.8 Å². The Kier molecular flexibility index (Phi) is 8.68. The largest absolute Gasteiger partial charge is 0.374 e. The first-order valence-corrected chi connectivity index (χ1v) is 12.6. The minimum Gasteiger partial charge on any atom is -0.374 e. The fourth-order valence-corrected chi connectivity index (χ4v) is 4.75. The highest BCUT2D eigenvalue weighted by atomic mass is 16.5. The third-order valence-corrected chi connectivity index (χ3v) is 6.31. The normalized spacial score (nSPS) is 18.0. The average molecular weight is 481 g/mol. The molecule has 1 atom stereocenters. The van der Waals surface area contributed by atoms with Crippen LogP contribution in [0.3, 0.4) is 0 Å². The second-order valence-corrected chi connectivity index (χ2v) is 9.01. The van der Waals surface area contributed by atoms with Gasteiger partial charge in [-0.05, 0) is 50.2 Å². The van der Waals surface area contributed by atoms with E-state index in [0.717, 1.165) is 52.1 Å². The van der Waals surface area contributed by atoms with Crippen molar-refractivity contribution in [2.75, 3.05) is 62.6 Å². The Hall–Kier alpha value is -3.01. The molecule has 0 spiro atoms. The number of hydrogen-bond donors (Lipinski definition) is 2. The highest BCUT2D eigenvalue weighted by Crippen LogP contribution is 2.35. The molecule has 1 unspecified atom stereocenters. The van der Waals surface area contributed by atoms with Gasteiger partial charge in [-0.1, -0.05) is 26.0 Å². The minimum absolute atomic E-state index is 0.184. The van der Waals surface area contributed by atoms with Gasteiger partial charge in [0.05, 0.1) is 29.6 Å². The van der Waals surface area contributed by atoms with Crippen LogP contribution in [0, 0.1) is 0 Å². The van der Waals surface area contributed by atoms with E-state index in [-0.39, 0.29) is 18.0 Å². The smallest absolute Gasteiger partial charge is 0.327 e. The summed E-state index contributed by atoms with van der Waals surface area (Å²) in [4.78, 5) is 36.8. The first-order valence-electron chi connectivity index (χ1n) is 12.6. The number of pyridine rings is 1. The van der Waals surface area contributed by atoms with E-state index in [2.05, 4.69) is 39.3 Å². The van der Waals surface area contributed by atoms with Crippen molar-refractivity contribution in [3.63, 3.8) is 0 Å². The number of benzene rings is 1. The lowest BCUT2D eigenvalue weighted by Gasteiger charge is -2.35. The van der Waals surface area contributed by atoms with Crippen LogP contribution in [0.5, 0.6) is 0 Å². The molecule has 9 heteroatoms. The number of fused-ring (bicyclic) bond motifs is 2. The average Bonchev–Trinajstić information content (AvgIpc) is 2.98. The van der Waals surface area contributed by atoms with Gasteiger partial charge in [0.2, 0.25) is 0 Å². The van der Waals surface area contributed by atoms with Crippen molar-refractivity contribution >= 4 is 29.1 Å². The Morgan fingerprint density at radius 1 is 1.20 bits per heavy atom. The third kappa shape index (κ3) is 6.17. The van der Waals surface area contributed by atoms with Gasteiger partial charge in [-0.25, -0.2) is 14.7 Å². The molecular weight excluding hydrogens is 444 g/mol. The molecule has 2 N–H and O–H groups in total. The lowest BCUT2D eigenvalue weighted by atomic mass is 10.1. The van der Waals surface area contributed by atoms with E-state index in [0.29, 0.717) is 35.9 Å². The maximum Gasteiger partial charge on any atom is 0.327 e. The molecule has 0 saturated carbocycles. The van der Waals surface area contributed by atoms with Crippen LogP contribution in [-0.2, 0) is 4.74 Å². The molecule has 1 aromatic heterocycles. The molecule has 188 valence electrons. The summed E-state index contributed by atoms with van der Waals surface area (Å²) in [6.45, 7) is 11.2. The number of morpholine rings is 1. The Bertz CT molecular complexity index is 1010. The van der Waals surface area contributed by atoms with Crippen LogP contribution in [0.15, 0.2) is 42.6 Å². The van der Waals surface area contributed by atoms with Crippen LogP contribution >= 0.6 is 0 Å². The number of nitrogens with one attached hydrogen (secondary N) is 2. The van der Waals surface area contributed by atoms with E-state index < -0.39 is 0 Å². The zero-order chi connectivity index (χ0) is 24.6. The van der Waals surface area contributed by atoms with E-state index >= 15 is 0 Å². The summed E-state index contributed by atoms with van der Waals surface area (Å²) in [5, 5.41) is 5.90. The summed E-state index contributed by atoms with van der Waals surface area (Å²) in [6, 6.07) is 10.3. The van der Waals surface area contributed by atoms with Gasteiger partial charge >= 0.3 is 6.03 Å². The predicted octanol–water partition coefficient (Wildman–Crippen LogP) is 3.32. The van der Waals surface area contributed by atoms with Crippen molar-refractivity contribution in [1.82, 2.24) is 20.1 Å². The number of urea groups is 1. The number of nitrogens with zero attached hydrogens (tertiary/aromatic N) is 4. The zero-order valence-corrected chi connectivity index (χ0v) is 20.7. The van der Waals surface area contributed by atoms with Gasteiger partial charge in [0.1, 0.15) is 0 Å². The SMILES string of the molecule is CCCN(CCC)CC1CN(CCNC(=O)N2c3ccccc3C(=O)Nc3cccnc32)CCO1. The van der Waals surface area contributed by atoms with Gasteiger partial charge in [0, 0.05) is 38.9 Å². The molecule has 4 rings (SSSR count). The molecule has 9 nitrogen and oxygen atoms in total. The predicted molar refractivity (Wildman–Crippen MR) is 137 cm³/mol. The highest BCUT2D eigenvalue weighted by molar-refractivity contribution is 6.16. The van der Waals surface area contributed by atoms with Crippen LogP contribution in [0.4, 0.5) is 22.0 Å². The molecule has 35 heavy (non-hydrogen) atoms. The van der Waals surface area contributed by atoms with Gasteiger partial charge in [-0.3, -0.25) is 9.69 Å². The van der Waals surface area contributed by atoms with Crippen molar-refractivity contribution < 1.29 is 14.3 Å². The Balaban J connectivity index is 1.38. The molecule has 1 saturated heterocycles. The van der Waals surface area contributed by atoms with Gasteiger partial charge in [0.25, 0.3) is 5.91 Å².